The molecular weight excluding hydrogens is 474 g/mol. The number of aliphatic hydroxyl groups is 1. The predicted octanol–water partition coefficient (Wildman–Crippen LogP) is 2.11. The highest BCUT2D eigenvalue weighted by atomic mass is 16.3. The van der Waals surface area contributed by atoms with Gasteiger partial charge in [0.15, 0.2) is 0 Å². The Hall–Kier alpha value is -4.38. The summed E-state index contributed by atoms with van der Waals surface area (Å²) in [6, 6.07) is 9.25. The molecule has 4 aromatic heterocycles. The third-order valence-corrected chi connectivity index (χ3v) is 6.99. The van der Waals surface area contributed by atoms with Gasteiger partial charge in [-0.1, -0.05) is 6.07 Å². The van der Waals surface area contributed by atoms with Crippen LogP contribution in [0.4, 0.5) is 0 Å². The van der Waals surface area contributed by atoms with Crippen LogP contribution in [0.3, 0.4) is 0 Å². The van der Waals surface area contributed by atoms with Crippen molar-refractivity contribution in [2.45, 2.75) is 38.3 Å². The van der Waals surface area contributed by atoms with Gasteiger partial charge in [-0.25, -0.2) is 9.78 Å². The average molecular weight is 500 g/mol. The van der Waals surface area contributed by atoms with Crippen molar-refractivity contribution in [1.82, 2.24) is 34.6 Å². The number of rotatable bonds is 3. The van der Waals surface area contributed by atoms with Crippen molar-refractivity contribution in [3.05, 3.63) is 63.6 Å². The number of carbonyl (C=O) groups is 1. The Bertz CT molecular complexity index is 1800. The van der Waals surface area contributed by atoms with E-state index in [2.05, 4.69) is 20.2 Å². The van der Waals surface area contributed by atoms with E-state index in [1.165, 1.54) is 20.0 Å². The van der Waals surface area contributed by atoms with E-state index in [0.717, 1.165) is 16.5 Å². The van der Waals surface area contributed by atoms with Crippen LogP contribution < -0.4 is 11.2 Å². The predicted molar refractivity (Wildman–Crippen MR) is 138 cm³/mol. The van der Waals surface area contributed by atoms with Gasteiger partial charge in [-0.05, 0) is 51.0 Å². The summed E-state index contributed by atoms with van der Waals surface area (Å²) in [5.41, 5.74) is 1.39. The maximum atomic E-state index is 13.2. The molecule has 1 aliphatic heterocycles. The van der Waals surface area contributed by atoms with Crippen LogP contribution in [0.15, 0.2) is 52.3 Å². The van der Waals surface area contributed by atoms with Crippen LogP contribution in [-0.2, 0) is 4.79 Å². The van der Waals surface area contributed by atoms with Crippen LogP contribution in [0, 0.1) is 0 Å². The second-order valence-corrected chi connectivity index (χ2v) is 9.97. The Labute approximate surface area is 209 Å². The van der Waals surface area contributed by atoms with E-state index in [1.54, 1.807) is 15.7 Å². The Morgan fingerprint density at radius 1 is 1.11 bits per heavy atom. The lowest BCUT2D eigenvalue weighted by atomic mass is 10.0. The molecule has 0 radical (unpaired) electrons. The van der Waals surface area contributed by atoms with Gasteiger partial charge in [-0.15, -0.1) is 0 Å². The molecule has 0 atom stereocenters. The standard InChI is InChI=1S/C26H25N7O4/c1-26(2,37)24(35)32-9-7-16(8-10-32)33-22-17(23(34)30-25(33)36)13-27-20-6-5-18(29-21(20)22)14-3-4-19-15(11-14)12-28-31-19/h3-6,11-13,16,37H,7-10H2,1-2H3,(H,28,31)(H,30,34,36). The highest BCUT2D eigenvalue weighted by molar-refractivity contribution is 6.01. The largest absolute Gasteiger partial charge is 0.381 e. The van der Waals surface area contributed by atoms with Gasteiger partial charge >= 0.3 is 5.69 Å². The summed E-state index contributed by atoms with van der Waals surface area (Å²) in [5.74, 6) is -0.347. The number of likely N-dealkylation sites (tertiary alicyclic amines) is 1. The third-order valence-electron chi connectivity index (χ3n) is 6.99. The zero-order valence-corrected chi connectivity index (χ0v) is 20.4. The monoisotopic (exact) mass is 499 g/mol. The van der Waals surface area contributed by atoms with Gasteiger partial charge in [0.25, 0.3) is 11.5 Å². The highest BCUT2D eigenvalue weighted by Gasteiger charge is 2.33. The van der Waals surface area contributed by atoms with E-state index < -0.39 is 16.9 Å². The third kappa shape index (κ3) is 3.87. The lowest BCUT2D eigenvalue weighted by Gasteiger charge is -2.36. The number of amides is 1. The van der Waals surface area contributed by atoms with Crippen molar-refractivity contribution in [3.8, 4) is 11.3 Å². The van der Waals surface area contributed by atoms with Crippen molar-refractivity contribution in [3.63, 3.8) is 0 Å². The molecule has 37 heavy (non-hydrogen) atoms. The van der Waals surface area contributed by atoms with Crippen LogP contribution in [-0.4, -0.2) is 64.3 Å². The van der Waals surface area contributed by atoms with E-state index in [0.29, 0.717) is 48.2 Å². The first-order valence-corrected chi connectivity index (χ1v) is 12.1. The molecule has 1 fully saturated rings. The van der Waals surface area contributed by atoms with Crippen LogP contribution in [0.2, 0.25) is 0 Å². The number of H-pyrrole nitrogens is 2. The molecule has 0 bridgehead atoms. The number of fused-ring (bicyclic) bond motifs is 4. The second-order valence-electron chi connectivity index (χ2n) is 9.97. The Balaban J connectivity index is 1.49. The number of nitrogens with one attached hydrogen (secondary N) is 2. The molecule has 0 aliphatic carbocycles. The maximum absolute atomic E-state index is 13.2. The number of carbonyl (C=O) groups excluding carboxylic acids is 1. The minimum atomic E-state index is -1.46. The van der Waals surface area contributed by atoms with Crippen molar-refractivity contribution < 1.29 is 9.90 Å². The first-order chi connectivity index (χ1) is 17.7. The van der Waals surface area contributed by atoms with Crippen molar-refractivity contribution in [1.29, 1.82) is 0 Å². The number of piperidine rings is 1. The average Bonchev–Trinajstić information content (AvgIpc) is 3.36. The molecule has 1 saturated heterocycles. The van der Waals surface area contributed by atoms with Crippen molar-refractivity contribution >= 4 is 38.7 Å². The minimum absolute atomic E-state index is 0.268. The van der Waals surface area contributed by atoms with Crippen LogP contribution in [0.5, 0.6) is 0 Å². The highest BCUT2D eigenvalue weighted by Crippen LogP contribution is 2.30. The summed E-state index contributed by atoms with van der Waals surface area (Å²) in [6.07, 6.45) is 4.19. The molecule has 0 spiro atoms. The van der Waals surface area contributed by atoms with E-state index in [9.17, 15) is 19.5 Å². The van der Waals surface area contributed by atoms with E-state index in [1.807, 2.05) is 30.3 Å². The molecule has 188 valence electrons. The molecule has 1 aliphatic rings. The number of benzene rings is 1. The first-order valence-electron chi connectivity index (χ1n) is 12.1. The van der Waals surface area contributed by atoms with E-state index >= 15 is 0 Å². The number of nitrogens with zero attached hydrogens (tertiary/aromatic N) is 5. The van der Waals surface area contributed by atoms with Gasteiger partial charge in [0, 0.05) is 36.3 Å². The molecule has 11 heteroatoms. The van der Waals surface area contributed by atoms with Gasteiger partial charge in [0.2, 0.25) is 0 Å². The fourth-order valence-electron chi connectivity index (χ4n) is 5.11. The number of pyridine rings is 2. The van der Waals surface area contributed by atoms with E-state index in [-0.39, 0.29) is 17.3 Å². The molecular formula is C26H25N7O4. The number of aromatic nitrogens is 6. The summed E-state index contributed by atoms with van der Waals surface area (Å²) >= 11 is 0. The van der Waals surface area contributed by atoms with Crippen LogP contribution in [0.25, 0.3) is 44.1 Å². The second kappa shape index (κ2) is 8.34. The number of aromatic amines is 2. The van der Waals surface area contributed by atoms with Gasteiger partial charge in [-0.3, -0.25) is 29.2 Å². The smallest absolute Gasteiger partial charge is 0.329 e. The fourth-order valence-corrected chi connectivity index (χ4v) is 5.11. The topological polar surface area (TPSA) is 150 Å². The summed E-state index contributed by atoms with van der Waals surface area (Å²) < 4.78 is 1.59. The zero-order chi connectivity index (χ0) is 25.9. The van der Waals surface area contributed by atoms with Crippen molar-refractivity contribution in [2.24, 2.45) is 0 Å². The van der Waals surface area contributed by atoms with Gasteiger partial charge < -0.3 is 10.0 Å². The van der Waals surface area contributed by atoms with Gasteiger partial charge in [-0.2, -0.15) is 5.10 Å². The first kappa shape index (κ1) is 23.0. The lowest BCUT2D eigenvalue weighted by Crippen LogP contribution is -2.49. The summed E-state index contributed by atoms with van der Waals surface area (Å²) in [4.78, 5) is 51.8. The quantitative estimate of drug-likeness (QED) is 0.322. The summed E-state index contributed by atoms with van der Waals surface area (Å²) in [6.45, 7) is 3.70. The maximum Gasteiger partial charge on any atom is 0.329 e. The van der Waals surface area contributed by atoms with Gasteiger partial charge in [0.05, 0.1) is 33.8 Å². The molecule has 1 amide bonds. The molecule has 5 heterocycles. The molecule has 3 N–H and O–H groups in total. The zero-order valence-electron chi connectivity index (χ0n) is 20.4. The number of hydrogen-bond donors (Lipinski definition) is 3. The Morgan fingerprint density at radius 2 is 1.89 bits per heavy atom. The molecule has 5 aromatic rings. The van der Waals surface area contributed by atoms with Crippen LogP contribution in [0.1, 0.15) is 32.7 Å². The SMILES string of the molecule is CC(C)(O)C(=O)N1CCC(n2c(=O)[nH]c(=O)c3cnc4ccc(-c5ccc6[nH]ncc6c5)nc4c32)CC1. The van der Waals surface area contributed by atoms with Crippen molar-refractivity contribution in [2.75, 3.05) is 13.1 Å². The summed E-state index contributed by atoms with van der Waals surface area (Å²) in [7, 11) is 0. The molecule has 0 saturated carbocycles. The van der Waals surface area contributed by atoms with Gasteiger partial charge in [0.1, 0.15) is 11.1 Å². The Morgan fingerprint density at radius 3 is 2.65 bits per heavy atom. The Kier molecular flexibility index (Phi) is 5.19. The molecule has 1 aromatic carbocycles. The molecule has 11 nitrogen and oxygen atoms in total. The molecule has 0 unspecified atom stereocenters. The normalized spacial score (nSPS) is 15.2. The van der Waals surface area contributed by atoms with Crippen LogP contribution >= 0.6 is 0 Å². The van der Waals surface area contributed by atoms with E-state index in [4.69, 9.17) is 4.98 Å². The minimum Gasteiger partial charge on any atom is -0.381 e. The lowest BCUT2D eigenvalue weighted by molar-refractivity contribution is -0.149. The fraction of sp³-hybridized carbons (Fsp3) is 0.308. The number of hydrogen-bond acceptors (Lipinski definition) is 7. The molecule has 6 rings (SSSR count). The summed E-state index contributed by atoms with van der Waals surface area (Å²) in [5, 5.41) is 18.3.